The minimum absolute atomic E-state index is 0.229. The second-order valence-corrected chi connectivity index (χ2v) is 11.4. The molecule has 1 unspecified atom stereocenters. The quantitative estimate of drug-likeness (QED) is 0.334. The van der Waals surface area contributed by atoms with E-state index in [-0.39, 0.29) is 11.8 Å². The maximum Gasteiger partial charge on any atom is 0.273 e. The highest BCUT2D eigenvalue weighted by atomic mass is 35.5. The van der Waals surface area contributed by atoms with Crippen LogP contribution in [0.1, 0.15) is 46.0 Å². The zero-order chi connectivity index (χ0) is 25.5. The highest BCUT2D eigenvalue weighted by Crippen LogP contribution is 2.34. The lowest BCUT2D eigenvalue weighted by Gasteiger charge is -2.24. The predicted octanol–water partition coefficient (Wildman–Crippen LogP) is 5.43. The van der Waals surface area contributed by atoms with E-state index in [2.05, 4.69) is 17.7 Å². The number of fused-ring (bicyclic) bond motifs is 2. The Morgan fingerprint density at radius 2 is 1.86 bits per heavy atom. The normalized spacial score (nSPS) is 14.7. The van der Waals surface area contributed by atoms with E-state index in [1.165, 1.54) is 5.01 Å². The summed E-state index contributed by atoms with van der Waals surface area (Å²) in [6.45, 7) is 3.03. The van der Waals surface area contributed by atoms with Gasteiger partial charge in [0.2, 0.25) is 0 Å². The first-order chi connectivity index (χ1) is 17.5. The summed E-state index contributed by atoms with van der Waals surface area (Å²) in [6, 6.07) is 19.2. The van der Waals surface area contributed by atoms with Gasteiger partial charge in [0.15, 0.2) is 0 Å². The summed E-state index contributed by atoms with van der Waals surface area (Å²) in [4.78, 5) is 27.4. The molecule has 3 aromatic carbocycles. The number of nitrogens with zero attached hydrogens (tertiary/aromatic N) is 1. The van der Waals surface area contributed by atoms with Gasteiger partial charge >= 0.3 is 0 Å². The molecular formula is C27H28ClN3O3S2. The van der Waals surface area contributed by atoms with E-state index in [0.717, 1.165) is 29.9 Å². The maximum absolute atomic E-state index is 13.6. The monoisotopic (exact) mass is 541 g/mol. The molecule has 3 aromatic rings. The summed E-state index contributed by atoms with van der Waals surface area (Å²) < 4.78 is 13.5. The van der Waals surface area contributed by atoms with Gasteiger partial charge in [-0.1, -0.05) is 42.8 Å². The number of thioether (sulfide) groups is 1. The number of amides is 2. The first kappa shape index (κ1) is 26.4. The van der Waals surface area contributed by atoms with Crippen LogP contribution in [-0.4, -0.2) is 34.1 Å². The summed E-state index contributed by atoms with van der Waals surface area (Å²) in [5.41, 5.74) is 5.19. The molecular weight excluding hydrogens is 514 g/mol. The molecule has 188 valence electrons. The van der Waals surface area contributed by atoms with E-state index >= 15 is 0 Å². The number of rotatable bonds is 10. The van der Waals surface area contributed by atoms with Crippen molar-refractivity contribution in [2.45, 2.75) is 36.1 Å². The van der Waals surface area contributed by atoms with E-state index in [4.69, 9.17) is 11.6 Å². The van der Waals surface area contributed by atoms with Crippen LogP contribution in [0.15, 0.2) is 76.5 Å². The molecule has 0 saturated heterocycles. The molecule has 0 saturated carbocycles. The summed E-state index contributed by atoms with van der Waals surface area (Å²) in [7, 11) is -1.59. The van der Waals surface area contributed by atoms with E-state index in [1.54, 1.807) is 48.5 Å². The van der Waals surface area contributed by atoms with E-state index in [1.807, 2.05) is 30.0 Å². The van der Waals surface area contributed by atoms with Crippen LogP contribution in [0, 0.1) is 0 Å². The number of hydrogen-bond donors (Lipinski definition) is 2. The van der Waals surface area contributed by atoms with Crippen LogP contribution in [0.4, 0.5) is 5.69 Å². The number of hydrazine groups is 1. The Bertz CT molecular complexity index is 1280. The first-order valence-corrected chi connectivity index (χ1v) is 14.5. The molecule has 2 N–H and O–H groups in total. The third kappa shape index (κ3) is 6.18. The highest BCUT2D eigenvalue weighted by Gasteiger charge is 2.31. The molecule has 0 aliphatic carbocycles. The van der Waals surface area contributed by atoms with Gasteiger partial charge in [-0.15, -0.1) is 0 Å². The Hall–Kier alpha value is -2.65. The Morgan fingerprint density at radius 1 is 1.03 bits per heavy atom. The van der Waals surface area contributed by atoms with Gasteiger partial charge in [-0.05, 0) is 72.4 Å². The van der Waals surface area contributed by atoms with E-state index in [9.17, 15) is 13.8 Å². The number of nitrogens with one attached hydrogen (secondary N) is 2. The van der Waals surface area contributed by atoms with Crippen molar-refractivity contribution in [3.63, 3.8) is 0 Å². The molecule has 1 aliphatic heterocycles. The fraction of sp³-hybridized carbons (Fsp3) is 0.259. The average molecular weight is 542 g/mol. The van der Waals surface area contributed by atoms with Gasteiger partial charge in [0.25, 0.3) is 11.8 Å². The zero-order valence-electron chi connectivity index (χ0n) is 20.0. The lowest BCUT2D eigenvalue weighted by molar-refractivity contribution is 0.0948. The molecule has 9 heteroatoms. The summed E-state index contributed by atoms with van der Waals surface area (Å²) in [5.74, 6) is 1.54. The standard InChI is InChI=1S/C27H28ClN3O3S2/c1-2-14-35-15-6-13-29-26(32)20-11-12-25-23(17-20)31(30-18-19-7-5-8-21(28)16-19)27(33)22-9-3-4-10-24(22)36(25)34/h3-5,7-12,16-17,30H,2,6,13-15,18H2,1H3,(H,29,32). The minimum Gasteiger partial charge on any atom is -0.352 e. The Balaban J connectivity index is 1.62. The van der Waals surface area contributed by atoms with Gasteiger partial charge in [0.1, 0.15) is 0 Å². The minimum atomic E-state index is -1.59. The van der Waals surface area contributed by atoms with Gasteiger partial charge < -0.3 is 5.32 Å². The number of hydrogen-bond acceptors (Lipinski definition) is 5. The SMILES string of the molecule is CCCSCCCNC(=O)c1ccc2c(c1)N(NCc1cccc(Cl)c1)C(=O)c1ccccc1S2=O. The van der Waals surface area contributed by atoms with Crippen LogP contribution in [0.25, 0.3) is 0 Å². The average Bonchev–Trinajstić information content (AvgIpc) is 2.98. The summed E-state index contributed by atoms with van der Waals surface area (Å²) >= 11 is 8.00. The largest absolute Gasteiger partial charge is 0.352 e. The third-order valence-electron chi connectivity index (χ3n) is 5.61. The van der Waals surface area contributed by atoms with Crippen LogP contribution in [0.5, 0.6) is 0 Å². The Labute approximate surface area is 223 Å². The van der Waals surface area contributed by atoms with Gasteiger partial charge in [-0.3, -0.25) is 9.59 Å². The van der Waals surface area contributed by atoms with E-state index < -0.39 is 10.8 Å². The van der Waals surface area contributed by atoms with Gasteiger partial charge in [-0.25, -0.2) is 14.6 Å². The van der Waals surface area contributed by atoms with Gasteiger partial charge in [0, 0.05) is 23.7 Å². The smallest absolute Gasteiger partial charge is 0.273 e. The molecule has 0 radical (unpaired) electrons. The Kier molecular flexibility index (Phi) is 9.20. The van der Waals surface area contributed by atoms with Crippen LogP contribution < -0.4 is 15.8 Å². The summed E-state index contributed by atoms with van der Waals surface area (Å²) in [6.07, 6.45) is 2.02. The molecule has 0 bridgehead atoms. The molecule has 0 fully saturated rings. The second-order valence-electron chi connectivity index (χ2n) is 8.27. The molecule has 1 heterocycles. The van der Waals surface area contributed by atoms with Crippen molar-refractivity contribution in [2.24, 2.45) is 0 Å². The van der Waals surface area contributed by atoms with Crippen molar-refractivity contribution in [1.82, 2.24) is 10.7 Å². The number of carbonyl (C=O) groups excluding carboxylic acids is 2. The Morgan fingerprint density at radius 3 is 2.67 bits per heavy atom. The molecule has 1 aliphatic rings. The third-order valence-corrected chi connectivity index (χ3v) is 8.62. The highest BCUT2D eigenvalue weighted by molar-refractivity contribution is 7.99. The van der Waals surface area contributed by atoms with Crippen molar-refractivity contribution in [1.29, 1.82) is 0 Å². The number of benzene rings is 3. The van der Waals surface area contributed by atoms with E-state index in [0.29, 0.717) is 44.7 Å². The molecule has 0 aromatic heterocycles. The van der Waals surface area contributed by atoms with Crippen LogP contribution in [0.2, 0.25) is 5.02 Å². The van der Waals surface area contributed by atoms with Crippen molar-refractivity contribution in [3.8, 4) is 0 Å². The van der Waals surface area contributed by atoms with Gasteiger partial charge in [-0.2, -0.15) is 11.8 Å². The maximum atomic E-state index is 13.6. The van der Waals surface area contributed by atoms with Crippen molar-refractivity contribution in [2.75, 3.05) is 23.1 Å². The van der Waals surface area contributed by atoms with Crippen molar-refractivity contribution >= 4 is 51.7 Å². The molecule has 1 atom stereocenters. The lowest BCUT2D eigenvalue weighted by atomic mass is 10.1. The molecule has 6 nitrogen and oxygen atoms in total. The summed E-state index contributed by atoms with van der Waals surface area (Å²) in [5, 5.41) is 4.93. The van der Waals surface area contributed by atoms with Gasteiger partial charge in [0.05, 0.1) is 31.8 Å². The van der Waals surface area contributed by atoms with Crippen LogP contribution in [0.3, 0.4) is 0 Å². The molecule has 4 rings (SSSR count). The number of carbonyl (C=O) groups is 2. The molecule has 2 amide bonds. The lowest BCUT2D eigenvalue weighted by Crippen LogP contribution is -2.43. The second kappa shape index (κ2) is 12.5. The number of halogens is 1. The van der Waals surface area contributed by atoms with Crippen molar-refractivity contribution < 1.29 is 13.8 Å². The number of anilines is 1. The fourth-order valence-corrected chi connectivity index (χ4v) is 6.22. The first-order valence-electron chi connectivity index (χ1n) is 11.8. The predicted molar refractivity (Wildman–Crippen MR) is 147 cm³/mol. The zero-order valence-corrected chi connectivity index (χ0v) is 22.3. The molecule has 36 heavy (non-hydrogen) atoms. The van der Waals surface area contributed by atoms with Crippen LogP contribution >= 0.6 is 23.4 Å². The fourth-order valence-electron chi connectivity index (χ4n) is 3.84. The topological polar surface area (TPSA) is 78.5 Å². The van der Waals surface area contributed by atoms with Crippen LogP contribution in [-0.2, 0) is 17.3 Å². The molecule has 0 spiro atoms. The van der Waals surface area contributed by atoms with Crippen molar-refractivity contribution in [3.05, 3.63) is 88.4 Å².